The van der Waals surface area contributed by atoms with E-state index >= 15 is 0 Å². The third-order valence-electron chi connectivity index (χ3n) is 5.85. The number of nitrogens with two attached hydrogens (primary N) is 1. The number of amides is 2. The number of nitrogens with zero attached hydrogens (tertiary/aromatic N) is 3. The number of nitrogens with one attached hydrogen (secondary N) is 1. The van der Waals surface area contributed by atoms with Crippen LogP contribution in [0.4, 0.5) is 0 Å². The van der Waals surface area contributed by atoms with E-state index in [-0.39, 0.29) is 30.0 Å². The Kier molecular flexibility index (Phi) is 6.41. The summed E-state index contributed by atoms with van der Waals surface area (Å²) >= 11 is 1.36. The fraction of sp³-hybridized carbons (Fsp3) is 0.545. The van der Waals surface area contributed by atoms with E-state index in [1.165, 1.54) is 35.7 Å². The molecule has 1 heterocycles. The van der Waals surface area contributed by atoms with E-state index in [2.05, 4.69) is 33.7 Å². The van der Waals surface area contributed by atoms with Gasteiger partial charge in [-0.1, -0.05) is 30.0 Å². The molecule has 0 saturated heterocycles. The van der Waals surface area contributed by atoms with Crippen LogP contribution >= 0.6 is 11.8 Å². The number of rotatable bonds is 9. The zero-order chi connectivity index (χ0) is 21.1. The van der Waals surface area contributed by atoms with Crippen molar-refractivity contribution >= 4 is 23.6 Å². The van der Waals surface area contributed by atoms with Crippen molar-refractivity contribution in [3.63, 3.8) is 0 Å². The Morgan fingerprint density at radius 1 is 1.23 bits per heavy atom. The first-order valence-electron chi connectivity index (χ1n) is 10.8. The molecule has 1 aromatic heterocycles. The maximum absolute atomic E-state index is 12.6. The van der Waals surface area contributed by atoms with Crippen molar-refractivity contribution < 1.29 is 9.59 Å². The number of carbonyl (C=O) groups excluding carboxylic acids is 2. The first-order chi connectivity index (χ1) is 14.5. The van der Waals surface area contributed by atoms with Crippen LogP contribution < -0.4 is 11.1 Å². The predicted octanol–water partition coefficient (Wildman–Crippen LogP) is 2.88. The molecule has 3 N–H and O–H groups in total. The summed E-state index contributed by atoms with van der Waals surface area (Å²) in [6.45, 7) is 2.48. The van der Waals surface area contributed by atoms with Crippen molar-refractivity contribution in [1.82, 2.24) is 20.1 Å². The van der Waals surface area contributed by atoms with Crippen LogP contribution in [0.3, 0.4) is 0 Å². The zero-order valence-corrected chi connectivity index (χ0v) is 18.2. The third-order valence-corrected chi connectivity index (χ3v) is 6.82. The number of primary amides is 1. The lowest BCUT2D eigenvalue weighted by Crippen LogP contribution is -2.28. The molecule has 1 unspecified atom stereocenters. The van der Waals surface area contributed by atoms with Crippen molar-refractivity contribution in [2.24, 2.45) is 5.73 Å². The molecule has 0 radical (unpaired) electrons. The summed E-state index contributed by atoms with van der Waals surface area (Å²) in [4.78, 5) is 23.8. The number of aryl methyl sites for hydroxylation is 2. The van der Waals surface area contributed by atoms with Crippen molar-refractivity contribution in [2.75, 3.05) is 5.75 Å². The van der Waals surface area contributed by atoms with Crippen molar-refractivity contribution in [3.8, 4) is 0 Å². The number of hydrogen-bond acceptors (Lipinski definition) is 5. The molecule has 160 valence electrons. The number of fused-ring (bicyclic) bond motifs is 1. The maximum Gasteiger partial charge on any atom is 0.230 e. The minimum absolute atomic E-state index is 0.0392. The molecule has 1 saturated carbocycles. The molecular weight excluding hydrogens is 398 g/mol. The lowest BCUT2D eigenvalue weighted by Gasteiger charge is -2.20. The molecule has 0 aliphatic heterocycles. The normalized spacial score (nSPS) is 16.7. The molecule has 7 nitrogen and oxygen atoms in total. The molecule has 1 atom stereocenters. The molecule has 30 heavy (non-hydrogen) atoms. The van der Waals surface area contributed by atoms with Gasteiger partial charge < -0.3 is 15.6 Å². The van der Waals surface area contributed by atoms with Gasteiger partial charge in [-0.15, -0.1) is 10.2 Å². The van der Waals surface area contributed by atoms with Gasteiger partial charge in [-0.25, -0.2) is 0 Å². The number of hydrogen-bond donors (Lipinski definition) is 2. The highest BCUT2D eigenvalue weighted by molar-refractivity contribution is 7.99. The SMILES string of the molecule is CC(NC(=O)CSc1nnc(C2CC2)n1CCC(N)=O)c1ccc2c(c1)CCCC2. The first-order valence-corrected chi connectivity index (χ1v) is 11.7. The summed E-state index contributed by atoms with van der Waals surface area (Å²) in [5.41, 5.74) is 9.33. The smallest absolute Gasteiger partial charge is 0.230 e. The second kappa shape index (κ2) is 9.20. The Labute approximate surface area is 181 Å². The number of aromatic nitrogens is 3. The second-order valence-electron chi connectivity index (χ2n) is 8.30. The monoisotopic (exact) mass is 427 g/mol. The van der Waals surface area contributed by atoms with E-state index in [0.717, 1.165) is 37.1 Å². The molecule has 0 bridgehead atoms. The molecule has 8 heteroatoms. The predicted molar refractivity (Wildman–Crippen MR) is 116 cm³/mol. The van der Waals surface area contributed by atoms with E-state index in [4.69, 9.17) is 5.73 Å². The summed E-state index contributed by atoms with van der Waals surface area (Å²) in [7, 11) is 0. The second-order valence-corrected chi connectivity index (χ2v) is 9.24. The van der Waals surface area contributed by atoms with Gasteiger partial charge in [0.2, 0.25) is 11.8 Å². The highest BCUT2D eigenvalue weighted by atomic mass is 32.2. The lowest BCUT2D eigenvalue weighted by atomic mass is 9.89. The van der Waals surface area contributed by atoms with Gasteiger partial charge in [0.15, 0.2) is 5.16 Å². The highest BCUT2D eigenvalue weighted by Gasteiger charge is 2.30. The summed E-state index contributed by atoms with van der Waals surface area (Å²) in [6, 6.07) is 6.54. The van der Waals surface area contributed by atoms with Gasteiger partial charge in [-0.05, 0) is 62.1 Å². The summed E-state index contributed by atoms with van der Waals surface area (Å²) in [5.74, 6) is 1.19. The molecule has 2 aliphatic rings. The fourth-order valence-corrected chi connectivity index (χ4v) is 4.78. The lowest BCUT2D eigenvalue weighted by molar-refractivity contribution is -0.119. The van der Waals surface area contributed by atoms with Crippen molar-refractivity contribution in [2.45, 2.75) is 75.5 Å². The van der Waals surface area contributed by atoms with Gasteiger partial charge in [-0.2, -0.15) is 0 Å². The molecule has 2 aromatic rings. The highest BCUT2D eigenvalue weighted by Crippen LogP contribution is 2.40. The molecule has 4 rings (SSSR count). The third kappa shape index (κ3) is 5.03. The Morgan fingerprint density at radius 3 is 2.73 bits per heavy atom. The van der Waals surface area contributed by atoms with Crippen LogP contribution in [-0.4, -0.2) is 32.3 Å². The average molecular weight is 428 g/mol. The fourth-order valence-electron chi connectivity index (χ4n) is 4.00. The van der Waals surface area contributed by atoms with Gasteiger partial charge in [-0.3, -0.25) is 9.59 Å². The van der Waals surface area contributed by atoms with Crippen LogP contribution in [0.15, 0.2) is 23.4 Å². The molecule has 2 aliphatic carbocycles. The van der Waals surface area contributed by atoms with Crippen LogP contribution in [0.2, 0.25) is 0 Å². The van der Waals surface area contributed by atoms with Gasteiger partial charge in [0.1, 0.15) is 5.82 Å². The Hall–Kier alpha value is -2.35. The van der Waals surface area contributed by atoms with Gasteiger partial charge in [0.25, 0.3) is 0 Å². The summed E-state index contributed by atoms with van der Waals surface area (Å²) in [6.07, 6.45) is 7.23. The topological polar surface area (TPSA) is 103 Å². The molecule has 1 aromatic carbocycles. The minimum atomic E-state index is -0.349. The standard InChI is InChI=1S/C22H29N5O2S/c1-14(17-9-6-15-4-2-3-5-18(15)12-17)24-20(29)13-30-22-26-25-21(16-7-8-16)27(22)11-10-19(23)28/h6,9,12,14,16H,2-5,7-8,10-11,13H2,1H3,(H2,23,28)(H,24,29). The molecule has 2 amide bonds. The first kappa shape index (κ1) is 20.9. The average Bonchev–Trinajstić information content (AvgIpc) is 3.50. The van der Waals surface area contributed by atoms with Crippen molar-refractivity contribution in [3.05, 3.63) is 40.7 Å². The summed E-state index contributed by atoms with van der Waals surface area (Å²) < 4.78 is 1.95. The minimum Gasteiger partial charge on any atom is -0.370 e. The van der Waals surface area contributed by atoms with Crippen LogP contribution in [0.1, 0.15) is 73.5 Å². The number of carbonyl (C=O) groups is 2. The van der Waals surface area contributed by atoms with E-state index < -0.39 is 0 Å². The van der Waals surface area contributed by atoms with E-state index in [1.54, 1.807) is 0 Å². The van der Waals surface area contributed by atoms with Crippen LogP contribution in [0.5, 0.6) is 0 Å². The van der Waals surface area contributed by atoms with Crippen LogP contribution in [-0.2, 0) is 29.0 Å². The van der Waals surface area contributed by atoms with Gasteiger partial charge in [0, 0.05) is 18.9 Å². The van der Waals surface area contributed by atoms with Gasteiger partial charge in [0.05, 0.1) is 11.8 Å². The number of benzene rings is 1. The molecule has 0 spiro atoms. The van der Waals surface area contributed by atoms with Crippen molar-refractivity contribution in [1.29, 1.82) is 0 Å². The van der Waals surface area contributed by atoms with E-state index in [1.807, 2.05) is 11.5 Å². The van der Waals surface area contributed by atoms with Crippen LogP contribution in [0, 0.1) is 0 Å². The largest absolute Gasteiger partial charge is 0.370 e. The molecule has 1 fully saturated rings. The number of thioether (sulfide) groups is 1. The van der Waals surface area contributed by atoms with E-state index in [9.17, 15) is 9.59 Å². The zero-order valence-electron chi connectivity index (χ0n) is 17.4. The van der Waals surface area contributed by atoms with Gasteiger partial charge >= 0.3 is 0 Å². The Bertz CT molecular complexity index is 938. The molecular formula is C22H29N5O2S. The Balaban J connectivity index is 1.35. The quantitative estimate of drug-likeness (QED) is 0.599. The van der Waals surface area contributed by atoms with E-state index in [0.29, 0.717) is 17.6 Å². The Morgan fingerprint density at radius 2 is 2.00 bits per heavy atom. The maximum atomic E-state index is 12.6. The van der Waals surface area contributed by atoms with Crippen LogP contribution in [0.25, 0.3) is 0 Å². The summed E-state index contributed by atoms with van der Waals surface area (Å²) in [5, 5.41) is 12.3.